The smallest absolute Gasteiger partial charge is 0.431 e. The Labute approximate surface area is 201 Å². The molecule has 2 heterocycles. The van der Waals surface area contributed by atoms with Crippen molar-refractivity contribution in [3.8, 4) is 11.5 Å². The van der Waals surface area contributed by atoms with E-state index >= 15 is 0 Å². The van der Waals surface area contributed by atoms with Gasteiger partial charge in [0.25, 0.3) is 5.91 Å². The van der Waals surface area contributed by atoms with Crippen molar-refractivity contribution < 1.29 is 28.2 Å². The molecule has 3 aromatic rings. The molecule has 1 atom stereocenters. The molecule has 0 spiro atoms. The lowest BCUT2D eigenvalue weighted by molar-refractivity contribution is 0.0712. The predicted octanol–water partition coefficient (Wildman–Crippen LogP) is 4.72. The highest BCUT2D eigenvalue weighted by Crippen LogP contribution is 2.30. The maximum absolute atomic E-state index is 12.6. The van der Waals surface area contributed by atoms with E-state index in [1.807, 2.05) is 6.92 Å². The van der Waals surface area contributed by atoms with Crippen LogP contribution >= 0.6 is 0 Å². The number of cyclic esters (lactones) is 1. The maximum atomic E-state index is 12.6. The molecule has 35 heavy (non-hydrogen) atoms. The molecule has 0 saturated carbocycles. The molecular formula is C25H25FN4O5. The van der Waals surface area contributed by atoms with Crippen LogP contribution in [0.5, 0.6) is 11.5 Å². The van der Waals surface area contributed by atoms with E-state index < -0.39 is 19.1 Å². The van der Waals surface area contributed by atoms with Crippen molar-refractivity contribution in [2.45, 2.75) is 26.0 Å². The number of amides is 2. The van der Waals surface area contributed by atoms with Crippen LogP contribution in [0.25, 0.3) is 0 Å². The molecule has 0 fully saturated rings. The second kappa shape index (κ2) is 10.7. The lowest BCUT2D eigenvalue weighted by atomic mass is 10.0. The number of carbonyl (C=O) groups is 2. The Bertz CT molecular complexity index is 1210. The van der Waals surface area contributed by atoms with Crippen LogP contribution in [-0.2, 0) is 11.3 Å². The van der Waals surface area contributed by atoms with Crippen LogP contribution in [0.15, 0.2) is 65.9 Å². The number of H-pyrrole nitrogens is 1. The molecule has 2 amide bonds. The summed E-state index contributed by atoms with van der Waals surface area (Å²) < 4.78 is 28.5. The lowest BCUT2D eigenvalue weighted by Gasteiger charge is -2.29. The molecule has 1 unspecified atom stereocenters. The molecule has 1 aliphatic rings. The van der Waals surface area contributed by atoms with Gasteiger partial charge in [-0.25, -0.2) is 9.18 Å². The Morgan fingerprint density at radius 1 is 1.20 bits per heavy atom. The van der Waals surface area contributed by atoms with Crippen LogP contribution < -0.4 is 14.8 Å². The monoisotopic (exact) mass is 480 g/mol. The van der Waals surface area contributed by atoms with Gasteiger partial charge >= 0.3 is 6.09 Å². The zero-order chi connectivity index (χ0) is 24.8. The number of anilines is 1. The molecule has 0 bridgehead atoms. The van der Waals surface area contributed by atoms with Gasteiger partial charge in [-0.05, 0) is 54.4 Å². The van der Waals surface area contributed by atoms with Crippen LogP contribution in [-0.4, -0.2) is 47.8 Å². The molecule has 2 N–H and O–H groups in total. The number of nitrogens with one attached hydrogen (secondary N) is 2. The number of aromatic nitrogens is 1. The zero-order valence-electron chi connectivity index (χ0n) is 19.3. The Balaban J connectivity index is 1.52. The predicted molar refractivity (Wildman–Crippen MR) is 127 cm³/mol. The highest BCUT2D eigenvalue weighted by molar-refractivity contribution is 6.06. The molecule has 1 aliphatic heterocycles. The van der Waals surface area contributed by atoms with Gasteiger partial charge in [-0.15, -0.1) is 0 Å². The van der Waals surface area contributed by atoms with Gasteiger partial charge in [0, 0.05) is 17.4 Å². The number of carbonyl (C=O) groups excluding carboxylic acids is 2. The third-order valence-electron chi connectivity index (χ3n) is 5.41. The molecule has 0 saturated heterocycles. The molecule has 10 heteroatoms. The summed E-state index contributed by atoms with van der Waals surface area (Å²) >= 11 is 0. The van der Waals surface area contributed by atoms with Crippen LogP contribution in [0.3, 0.4) is 0 Å². The molecule has 182 valence electrons. The first-order valence-electron chi connectivity index (χ1n) is 11.0. The zero-order valence-corrected chi connectivity index (χ0v) is 19.3. The average Bonchev–Trinajstić information content (AvgIpc) is 3.42. The number of nitrogens with zero attached hydrogens (tertiary/aromatic N) is 2. The fourth-order valence-electron chi connectivity index (χ4n) is 3.64. The van der Waals surface area contributed by atoms with Gasteiger partial charge < -0.3 is 24.5 Å². The Morgan fingerprint density at radius 3 is 2.66 bits per heavy atom. The first kappa shape index (κ1) is 23.8. The fraction of sp³-hybridized carbons (Fsp3) is 0.240. The second-order valence-corrected chi connectivity index (χ2v) is 7.68. The molecule has 0 radical (unpaired) electrons. The van der Waals surface area contributed by atoms with Crippen molar-refractivity contribution in [2.24, 2.45) is 5.10 Å². The summed E-state index contributed by atoms with van der Waals surface area (Å²) in [6, 6.07) is 15.5. The number of methoxy groups -OCH3 is 1. The molecule has 2 aromatic carbocycles. The van der Waals surface area contributed by atoms with Gasteiger partial charge in [0.1, 0.15) is 17.5 Å². The molecule has 0 aliphatic carbocycles. The quantitative estimate of drug-likeness (QED) is 0.461. The van der Waals surface area contributed by atoms with Gasteiger partial charge in [-0.2, -0.15) is 10.1 Å². The maximum Gasteiger partial charge on any atom is 0.431 e. The summed E-state index contributed by atoms with van der Waals surface area (Å²) in [7, 11) is 1.46. The van der Waals surface area contributed by atoms with E-state index in [9.17, 15) is 14.0 Å². The Hall–Kier alpha value is -4.34. The van der Waals surface area contributed by atoms with Crippen molar-refractivity contribution >= 4 is 23.4 Å². The van der Waals surface area contributed by atoms with Crippen LogP contribution in [0.4, 0.5) is 14.9 Å². The van der Waals surface area contributed by atoms with Gasteiger partial charge in [-0.1, -0.05) is 19.1 Å². The summed E-state index contributed by atoms with van der Waals surface area (Å²) in [6.07, 6.45) is 1.10. The summed E-state index contributed by atoms with van der Waals surface area (Å²) in [5.74, 6) is 0.360. The van der Waals surface area contributed by atoms with Crippen LogP contribution in [0, 0.1) is 0 Å². The highest BCUT2D eigenvalue weighted by atomic mass is 19.1. The first-order chi connectivity index (χ1) is 17.0. The number of halogens is 1. The number of aromatic amines is 1. The van der Waals surface area contributed by atoms with Crippen molar-refractivity contribution in [3.63, 3.8) is 0 Å². The van der Waals surface area contributed by atoms with Gasteiger partial charge in [0.15, 0.2) is 11.5 Å². The van der Waals surface area contributed by atoms with Crippen molar-refractivity contribution in [3.05, 3.63) is 77.6 Å². The normalized spacial score (nSPS) is 15.3. The molecule has 1 aromatic heterocycles. The summed E-state index contributed by atoms with van der Waals surface area (Å²) in [4.78, 5) is 27.6. The largest absolute Gasteiger partial charge is 0.493 e. The minimum atomic E-state index is -0.978. The minimum absolute atomic E-state index is 0.170. The van der Waals surface area contributed by atoms with Crippen molar-refractivity contribution in [2.75, 3.05) is 19.3 Å². The van der Waals surface area contributed by atoms with Gasteiger partial charge in [-0.3, -0.25) is 4.79 Å². The molecular weight excluding hydrogens is 455 g/mol. The fourth-order valence-corrected chi connectivity index (χ4v) is 3.64. The standard InChI is InChI=1S/C25H25FN4O5/c1-3-20-23(17-8-11-21(34-15-26)22(13-17)33-2)29-30(25(32)35-20)14-16-6-9-18(10-7-16)28-24(31)19-5-4-12-27-19/h4-13,20,27H,3,14-15H2,1-2H3,(H,28,31). The average molecular weight is 480 g/mol. The third kappa shape index (κ3) is 5.43. The topological polar surface area (TPSA) is 105 Å². The summed E-state index contributed by atoms with van der Waals surface area (Å²) in [5, 5.41) is 8.61. The van der Waals surface area contributed by atoms with E-state index in [1.165, 1.54) is 12.1 Å². The summed E-state index contributed by atoms with van der Waals surface area (Å²) in [5.41, 5.74) is 3.08. The van der Waals surface area contributed by atoms with Gasteiger partial charge in [0.05, 0.1) is 13.7 Å². The third-order valence-corrected chi connectivity index (χ3v) is 5.41. The number of rotatable bonds is 9. The van der Waals surface area contributed by atoms with Crippen molar-refractivity contribution in [1.82, 2.24) is 9.99 Å². The number of ether oxygens (including phenoxy) is 3. The first-order valence-corrected chi connectivity index (χ1v) is 11.0. The van der Waals surface area contributed by atoms with E-state index in [-0.39, 0.29) is 18.2 Å². The van der Waals surface area contributed by atoms with Crippen molar-refractivity contribution in [1.29, 1.82) is 0 Å². The lowest BCUT2D eigenvalue weighted by Crippen LogP contribution is -2.41. The van der Waals surface area contributed by atoms with Gasteiger partial charge in [0.2, 0.25) is 6.86 Å². The number of hydrazone groups is 1. The number of alkyl halides is 1. The van der Waals surface area contributed by atoms with E-state index in [0.29, 0.717) is 34.8 Å². The minimum Gasteiger partial charge on any atom is -0.493 e. The van der Waals surface area contributed by atoms with Crippen LogP contribution in [0.2, 0.25) is 0 Å². The number of hydrogen-bond acceptors (Lipinski definition) is 6. The SMILES string of the molecule is CCC1OC(=O)N(Cc2ccc(NC(=O)c3ccc[nH]3)cc2)N=C1c1ccc(OCF)c(OC)c1. The highest BCUT2D eigenvalue weighted by Gasteiger charge is 2.31. The van der Waals surface area contributed by atoms with E-state index in [0.717, 1.165) is 5.56 Å². The number of benzene rings is 2. The Morgan fingerprint density at radius 2 is 2.00 bits per heavy atom. The van der Waals surface area contributed by atoms with Crippen LogP contribution in [0.1, 0.15) is 35.0 Å². The molecule has 9 nitrogen and oxygen atoms in total. The second-order valence-electron chi connectivity index (χ2n) is 7.68. The molecule has 4 rings (SSSR count). The van der Waals surface area contributed by atoms with E-state index in [1.54, 1.807) is 60.8 Å². The summed E-state index contributed by atoms with van der Waals surface area (Å²) in [6.45, 7) is 1.08. The van der Waals surface area contributed by atoms with E-state index in [2.05, 4.69) is 15.4 Å². The van der Waals surface area contributed by atoms with E-state index in [4.69, 9.17) is 14.2 Å². The number of hydrogen-bond donors (Lipinski definition) is 2. The Kier molecular flexibility index (Phi) is 7.30.